The fourth-order valence-corrected chi connectivity index (χ4v) is 1.55. The Morgan fingerprint density at radius 3 is 2.44 bits per heavy atom. The standard InChI is InChI=1S/C14H14N4/c15-12-7-6-11(8-13(12)16)14(17)18-9-10-4-2-1-3-5-10/h1-8,15-16H,9H2,(H2,17,18). The maximum absolute atomic E-state index is 7.55. The lowest BCUT2D eigenvalue weighted by atomic mass is 10.0. The van der Waals surface area contributed by atoms with Crippen LogP contribution in [0.4, 0.5) is 0 Å². The molecule has 0 unspecified atom stereocenters. The van der Waals surface area contributed by atoms with Crippen molar-refractivity contribution in [2.45, 2.75) is 6.54 Å². The van der Waals surface area contributed by atoms with Gasteiger partial charge in [-0.15, -0.1) is 0 Å². The molecule has 0 saturated heterocycles. The molecule has 1 aliphatic rings. The molecule has 4 N–H and O–H groups in total. The molecule has 0 spiro atoms. The first-order valence-electron chi connectivity index (χ1n) is 5.58. The Morgan fingerprint density at radius 1 is 1.06 bits per heavy atom. The van der Waals surface area contributed by atoms with Gasteiger partial charge in [0.25, 0.3) is 0 Å². The van der Waals surface area contributed by atoms with E-state index in [0.29, 0.717) is 18.0 Å². The molecule has 1 aromatic rings. The highest BCUT2D eigenvalue weighted by molar-refractivity contribution is 6.49. The van der Waals surface area contributed by atoms with Crippen LogP contribution in [-0.4, -0.2) is 17.3 Å². The van der Waals surface area contributed by atoms with Gasteiger partial charge in [-0.25, -0.2) is 0 Å². The van der Waals surface area contributed by atoms with Gasteiger partial charge in [0.05, 0.1) is 18.0 Å². The minimum atomic E-state index is 0.158. The van der Waals surface area contributed by atoms with E-state index in [1.807, 2.05) is 30.3 Å². The van der Waals surface area contributed by atoms with Crippen LogP contribution in [0.3, 0.4) is 0 Å². The topological polar surface area (TPSA) is 86.1 Å². The van der Waals surface area contributed by atoms with Crippen LogP contribution in [0.25, 0.3) is 0 Å². The Bertz CT molecular complexity index is 565. The van der Waals surface area contributed by atoms with E-state index in [4.69, 9.17) is 16.6 Å². The van der Waals surface area contributed by atoms with Crippen LogP contribution in [0, 0.1) is 10.8 Å². The maximum atomic E-state index is 7.55. The number of rotatable bonds is 3. The summed E-state index contributed by atoms with van der Waals surface area (Å²) in [4.78, 5) is 4.29. The molecule has 1 aliphatic carbocycles. The number of hydrogen-bond donors (Lipinski definition) is 3. The van der Waals surface area contributed by atoms with Gasteiger partial charge in [0.2, 0.25) is 0 Å². The minimum absolute atomic E-state index is 0.158. The van der Waals surface area contributed by atoms with Gasteiger partial charge in [-0.1, -0.05) is 30.3 Å². The zero-order valence-corrected chi connectivity index (χ0v) is 9.85. The number of hydrogen-bond acceptors (Lipinski definition) is 3. The van der Waals surface area contributed by atoms with E-state index in [1.54, 1.807) is 18.2 Å². The van der Waals surface area contributed by atoms with Crippen molar-refractivity contribution in [3.8, 4) is 0 Å². The van der Waals surface area contributed by atoms with Crippen molar-refractivity contribution < 1.29 is 0 Å². The molecule has 0 aliphatic heterocycles. The van der Waals surface area contributed by atoms with E-state index >= 15 is 0 Å². The Labute approximate surface area is 106 Å². The quantitative estimate of drug-likeness (QED) is 0.420. The number of nitrogens with one attached hydrogen (secondary N) is 2. The van der Waals surface area contributed by atoms with Gasteiger partial charge in [0.15, 0.2) is 0 Å². The molecule has 2 rings (SSSR count). The first-order chi connectivity index (χ1) is 8.66. The lowest BCUT2D eigenvalue weighted by molar-refractivity contribution is 1.06. The summed E-state index contributed by atoms with van der Waals surface area (Å²) in [7, 11) is 0. The smallest absolute Gasteiger partial charge is 0.126 e. The summed E-state index contributed by atoms with van der Waals surface area (Å²) < 4.78 is 0. The summed E-state index contributed by atoms with van der Waals surface area (Å²) in [5.41, 5.74) is 7.99. The fraction of sp³-hybridized carbons (Fsp3) is 0.0714. The molecule has 0 atom stereocenters. The van der Waals surface area contributed by atoms with Gasteiger partial charge in [-0.3, -0.25) is 15.8 Å². The zero-order valence-electron chi connectivity index (χ0n) is 9.85. The Morgan fingerprint density at radius 2 is 1.78 bits per heavy atom. The van der Waals surface area contributed by atoms with Crippen molar-refractivity contribution in [3.63, 3.8) is 0 Å². The second-order valence-corrected chi connectivity index (χ2v) is 3.95. The third-order valence-corrected chi connectivity index (χ3v) is 2.59. The number of nitrogens with zero attached hydrogens (tertiary/aromatic N) is 1. The molecule has 0 fully saturated rings. The zero-order chi connectivity index (χ0) is 13.0. The first kappa shape index (κ1) is 12.0. The first-order valence-corrected chi connectivity index (χ1v) is 5.58. The third kappa shape index (κ3) is 2.79. The molecule has 0 aromatic heterocycles. The van der Waals surface area contributed by atoms with Crippen LogP contribution >= 0.6 is 0 Å². The minimum Gasteiger partial charge on any atom is -0.383 e. The Balaban J connectivity index is 2.10. The molecule has 0 saturated carbocycles. The van der Waals surface area contributed by atoms with Crippen LogP contribution in [-0.2, 0) is 6.54 Å². The van der Waals surface area contributed by atoms with Crippen molar-refractivity contribution in [2.24, 2.45) is 10.7 Å². The monoisotopic (exact) mass is 238 g/mol. The van der Waals surface area contributed by atoms with Gasteiger partial charge in [0, 0.05) is 5.57 Å². The molecular weight excluding hydrogens is 224 g/mol. The van der Waals surface area contributed by atoms with Crippen molar-refractivity contribution in [2.75, 3.05) is 0 Å². The van der Waals surface area contributed by atoms with E-state index in [-0.39, 0.29) is 11.4 Å². The second-order valence-electron chi connectivity index (χ2n) is 3.95. The van der Waals surface area contributed by atoms with Gasteiger partial charge < -0.3 is 5.73 Å². The van der Waals surface area contributed by atoms with Crippen LogP contribution in [0.2, 0.25) is 0 Å². The van der Waals surface area contributed by atoms with Crippen molar-refractivity contribution in [3.05, 3.63) is 59.7 Å². The highest BCUT2D eigenvalue weighted by atomic mass is 14.8. The van der Waals surface area contributed by atoms with Crippen LogP contribution in [0.15, 0.2) is 59.1 Å². The summed E-state index contributed by atoms with van der Waals surface area (Å²) >= 11 is 0. The highest BCUT2D eigenvalue weighted by Crippen LogP contribution is 2.07. The Hall–Kier alpha value is -2.49. The second kappa shape index (κ2) is 5.23. The van der Waals surface area contributed by atoms with Gasteiger partial charge in [0.1, 0.15) is 5.84 Å². The normalized spacial score (nSPS) is 15.8. The van der Waals surface area contributed by atoms with Gasteiger partial charge in [-0.2, -0.15) is 0 Å². The molecule has 4 nitrogen and oxygen atoms in total. The molecule has 1 aromatic carbocycles. The van der Waals surface area contributed by atoms with E-state index in [9.17, 15) is 0 Å². The highest BCUT2D eigenvalue weighted by Gasteiger charge is 2.09. The number of allylic oxidation sites excluding steroid dienone is 2. The molecule has 0 radical (unpaired) electrons. The average molecular weight is 238 g/mol. The van der Waals surface area contributed by atoms with E-state index in [0.717, 1.165) is 5.56 Å². The van der Waals surface area contributed by atoms with Crippen molar-refractivity contribution in [1.29, 1.82) is 10.8 Å². The summed E-state index contributed by atoms with van der Waals surface area (Å²) in [6.07, 6.45) is 4.83. The molecule has 0 heterocycles. The van der Waals surface area contributed by atoms with Crippen LogP contribution < -0.4 is 5.73 Å². The average Bonchev–Trinajstić information content (AvgIpc) is 2.40. The number of benzene rings is 1. The van der Waals surface area contributed by atoms with Crippen LogP contribution in [0.1, 0.15) is 5.56 Å². The van der Waals surface area contributed by atoms with Gasteiger partial charge >= 0.3 is 0 Å². The number of aliphatic imine (C=N–C) groups is 1. The summed E-state index contributed by atoms with van der Waals surface area (Å²) in [6.45, 7) is 0.517. The molecule has 18 heavy (non-hydrogen) atoms. The summed E-state index contributed by atoms with van der Waals surface area (Å²) in [5.74, 6) is 0.396. The Kier molecular flexibility index (Phi) is 3.48. The number of amidine groups is 1. The van der Waals surface area contributed by atoms with Crippen molar-refractivity contribution in [1.82, 2.24) is 0 Å². The lowest BCUT2D eigenvalue weighted by Gasteiger charge is -2.08. The number of nitrogens with two attached hydrogens (primary N) is 1. The molecule has 90 valence electrons. The predicted molar refractivity (Wildman–Crippen MR) is 74.4 cm³/mol. The third-order valence-electron chi connectivity index (χ3n) is 2.59. The summed E-state index contributed by atoms with van der Waals surface area (Å²) in [5, 5.41) is 15.0. The van der Waals surface area contributed by atoms with E-state index in [1.165, 1.54) is 0 Å². The largest absolute Gasteiger partial charge is 0.383 e. The summed E-state index contributed by atoms with van der Waals surface area (Å²) in [6, 6.07) is 9.84. The maximum Gasteiger partial charge on any atom is 0.126 e. The van der Waals surface area contributed by atoms with Gasteiger partial charge in [-0.05, 0) is 23.8 Å². The SMILES string of the molecule is N=C1C=CC(C(N)=NCc2ccccc2)=CC1=N. The molecular formula is C14H14N4. The van der Waals surface area contributed by atoms with E-state index < -0.39 is 0 Å². The lowest BCUT2D eigenvalue weighted by Crippen LogP contribution is -2.20. The molecule has 0 bridgehead atoms. The molecule has 0 amide bonds. The fourth-order valence-electron chi connectivity index (χ4n) is 1.55. The van der Waals surface area contributed by atoms with Crippen molar-refractivity contribution >= 4 is 17.3 Å². The molecule has 4 heteroatoms. The van der Waals surface area contributed by atoms with Crippen LogP contribution in [0.5, 0.6) is 0 Å². The predicted octanol–water partition coefficient (Wildman–Crippen LogP) is 2.08. The van der Waals surface area contributed by atoms with E-state index in [2.05, 4.69) is 4.99 Å².